The van der Waals surface area contributed by atoms with Gasteiger partial charge in [0.2, 0.25) is 0 Å². The topological polar surface area (TPSA) is 70.7 Å². The van der Waals surface area contributed by atoms with Gasteiger partial charge in [-0.25, -0.2) is 0 Å². The predicted octanol–water partition coefficient (Wildman–Crippen LogP) is 1.76. The zero-order valence-electron chi connectivity index (χ0n) is 14.5. The molecule has 24 heavy (non-hydrogen) atoms. The van der Waals surface area contributed by atoms with E-state index < -0.39 is 11.8 Å². The van der Waals surface area contributed by atoms with Crippen molar-refractivity contribution in [2.24, 2.45) is 0 Å². The molecular weight excluding hydrogens is 306 g/mol. The minimum Gasteiger partial charge on any atom is -0.380 e. The Hall–Kier alpha value is -1.92. The summed E-state index contributed by atoms with van der Waals surface area (Å²) in [6, 6.07) is 7.82. The Morgan fingerprint density at radius 3 is 2.88 bits per heavy atom. The Labute approximate surface area is 143 Å². The number of rotatable bonds is 6. The van der Waals surface area contributed by atoms with E-state index in [4.69, 9.17) is 4.74 Å². The summed E-state index contributed by atoms with van der Waals surface area (Å²) in [6.45, 7) is 5.00. The summed E-state index contributed by atoms with van der Waals surface area (Å²) in [5.41, 5.74) is 1.53. The highest BCUT2D eigenvalue weighted by atomic mass is 16.5. The number of nitrogens with one attached hydrogen (secondary N) is 2. The van der Waals surface area contributed by atoms with Crippen LogP contribution >= 0.6 is 0 Å². The van der Waals surface area contributed by atoms with Crippen LogP contribution in [0.2, 0.25) is 0 Å². The third-order valence-corrected chi connectivity index (χ3v) is 4.33. The number of likely N-dealkylation sites (tertiary alicyclic amines) is 1. The number of carbonyl (C=O) groups excluding carboxylic acids is 2. The molecule has 132 valence electrons. The number of benzene rings is 1. The fourth-order valence-electron chi connectivity index (χ4n) is 2.98. The Morgan fingerprint density at radius 1 is 1.29 bits per heavy atom. The van der Waals surface area contributed by atoms with Gasteiger partial charge >= 0.3 is 11.8 Å². The van der Waals surface area contributed by atoms with Crippen LogP contribution in [-0.2, 0) is 20.9 Å². The molecule has 1 fully saturated rings. The van der Waals surface area contributed by atoms with E-state index in [-0.39, 0.29) is 0 Å². The third-order valence-electron chi connectivity index (χ3n) is 4.33. The number of ether oxygens (including phenoxy) is 1. The van der Waals surface area contributed by atoms with Crippen LogP contribution in [0.5, 0.6) is 0 Å². The Morgan fingerprint density at radius 2 is 2.12 bits per heavy atom. The molecule has 6 nitrogen and oxygen atoms in total. The van der Waals surface area contributed by atoms with Gasteiger partial charge in [-0.05, 0) is 44.0 Å². The normalized spacial score (nSPS) is 18.2. The quantitative estimate of drug-likeness (QED) is 0.778. The molecule has 0 aromatic heterocycles. The number of piperidine rings is 1. The van der Waals surface area contributed by atoms with Crippen LogP contribution in [0.25, 0.3) is 0 Å². The minimum absolute atomic E-state index is 0.462. The van der Waals surface area contributed by atoms with E-state index in [0.717, 1.165) is 18.7 Å². The second kappa shape index (κ2) is 9.39. The van der Waals surface area contributed by atoms with Crippen molar-refractivity contribution in [2.75, 3.05) is 32.1 Å². The molecule has 1 heterocycles. The van der Waals surface area contributed by atoms with Crippen LogP contribution in [0.15, 0.2) is 24.3 Å². The standard InChI is InChI=1S/C18H27N3O3/c1-14-6-3-4-10-21(14)11-9-19-17(22)18(23)20-16-8-5-7-15(12-16)13-24-2/h5,7-8,12,14H,3-4,6,9-11,13H2,1-2H3,(H,19,22)(H,20,23). The molecule has 1 unspecified atom stereocenters. The second-order valence-corrected chi connectivity index (χ2v) is 6.22. The Balaban J connectivity index is 1.75. The SMILES string of the molecule is COCc1cccc(NC(=O)C(=O)NCCN2CCCCC2C)c1. The first-order chi connectivity index (χ1) is 11.6. The van der Waals surface area contributed by atoms with E-state index in [2.05, 4.69) is 22.5 Å². The number of amides is 2. The van der Waals surface area contributed by atoms with Crippen molar-refractivity contribution in [2.45, 2.75) is 38.8 Å². The van der Waals surface area contributed by atoms with Crippen molar-refractivity contribution in [1.29, 1.82) is 0 Å². The summed E-state index contributed by atoms with van der Waals surface area (Å²) in [5, 5.41) is 5.31. The van der Waals surface area contributed by atoms with Gasteiger partial charge in [-0.2, -0.15) is 0 Å². The van der Waals surface area contributed by atoms with E-state index in [1.807, 2.05) is 12.1 Å². The maximum atomic E-state index is 12.0. The fourth-order valence-corrected chi connectivity index (χ4v) is 2.98. The number of nitrogens with zero attached hydrogens (tertiary/aromatic N) is 1. The van der Waals surface area contributed by atoms with Gasteiger partial charge in [0.15, 0.2) is 0 Å². The van der Waals surface area contributed by atoms with Crippen molar-refractivity contribution in [3.8, 4) is 0 Å². The lowest BCUT2D eigenvalue weighted by molar-refractivity contribution is -0.136. The average molecular weight is 333 g/mol. The lowest BCUT2D eigenvalue weighted by Crippen LogP contribution is -2.44. The molecule has 0 bridgehead atoms. The third kappa shape index (κ3) is 5.62. The first-order valence-corrected chi connectivity index (χ1v) is 8.51. The molecule has 1 aliphatic rings. The summed E-state index contributed by atoms with van der Waals surface area (Å²) in [6.07, 6.45) is 3.68. The zero-order chi connectivity index (χ0) is 17.4. The molecule has 1 aromatic carbocycles. The van der Waals surface area contributed by atoms with Gasteiger partial charge in [-0.1, -0.05) is 18.6 Å². The highest BCUT2D eigenvalue weighted by molar-refractivity contribution is 6.39. The van der Waals surface area contributed by atoms with E-state index in [9.17, 15) is 9.59 Å². The van der Waals surface area contributed by atoms with Gasteiger partial charge in [0, 0.05) is 31.9 Å². The van der Waals surface area contributed by atoms with E-state index in [0.29, 0.717) is 24.9 Å². The molecular formula is C18H27N3O3. The van der Waals surface area contributed by atoms with Crippen molar-refractivity contribution in [3.63, 3.8) is 0 Å². The van der Waals surface area contributed by atoms with Crippen molar-refractivity contribution in [3.05, 3.63) is 29.8 Å². The summed E-state index contributed by atoms with van der Waals surface area (Å²) in [4.78, 5) is 26.2. The zero-order valence-corrected chi connectivity index (χ0v) is 14.5. The van der Waals surface area contributed by atoms with Crippen molar-refractivity contribution < 1.29 is 14.3 Å². The van der Waals surface area contributed by atoms with Crippen molar-refractivity contribution >= 4 is 17.5 Å². The van der Waals surface area contributed by atoms with Gasteiger partial charge < -0.3 is 15.4 Å². The van der Waals surface area contributed by atoms with Crippen molar-refractivity contribution in [1.82, 2.24) is 10.2 Å². The maximum absolute atomic E-state index is 12.0. The van der Waals surface area contributed by atoms with Gasteiger partial charge in [0.1, 0.15) is 0 Å². The highest BCUT2D eigenvalue weighted by Crippen LogP contribution is 2.15. The molecule has 2 N–H and O–H groups in total. The summed E-state index contributed by atoms with van der Waals surface area (Å²) in [7, 11) is 1.61. The molecule has 1 aromatic rings. The summed E-state index contributed by atoms with van der Waals surface area (Å²) >= 11 is 0. The van der Waals surface area contributed by atoms with Crippen LogP contribution in [0.1, 0.15) is 31.7 Å². The van der Waals surface area contributed by atoms with E-state index in [1.54, 1.807) is 19.2 Å². The minimum atomic E-state index is -0.642. The number of anilines is 1. The monoisotopic (exact) mass is 333 g/mol. The van der Waals surface area contributed by atoms with Gasteiger partial charge in [-0.3, -0.25) is 14.5 Å². The van der Waals surface area contributed by atoms with Gasteiger partial charge in [0.05, 0.1) is 6.61 Å². The molecule has 1 atom stereocenters. The Bertz CT molecular complexity index is 562. The molecule has 0 radical (unpaired) electrons. The lowest BCUT2D eigenvalue weighted by atomic mass is 10.0. The molecule has 0 saturated carbocycles. The van der Waals surface area contributed by atoms with Gasteiger partial charge in [-0.15, -0.1) is 0 Å². The van der Waals surface area contributed by atoms with E-state index in [1.165, 1.54) is 19.3 Å². The first kappa shape index (κ1) is 18.4. The summed E-state index contributed by atoms with van der Waals surface area (Å²) in [5.74, 6) is -1.24. The molecule has 2 amide bonds. The molecule has 1 aliphatic heterocycles. The van der Waals surface area contributed by atoms with Crippen LogP contribution in [0.4, 0.5) is 5.69 Å². The second-order valence-electron chi connectivity index (χ2n) is 6.22. The largest absolute Gasteiger partial charge is 0.380 e. The van der Waals surface area contributed by atoms with Crippen LogP contribution in [0.3, 0.4) is 0 Å². The number of hydrogen-bond donors (Lipinski definition) is 2. The van der Waals surface area contributed by atoms with Crippen LogP contribution in [0, 0.1) is 0 Å². The number of methoxy groups -OCH3 is 1. The average Bonchev–Trinajstić information content (AvgIpc) is 2.57. The molecule has 0 spiro atoms. The highest BCUT2D eigenvalue weighted by Gasteiger charge is 2.19. The first-order valence-electron chi connectivity index (χ1n) is 8.51. The fraction of sp³-hybridized carbons (Fsp3) is 0.556. The molecule has 0 aliphatic carbocycles. The molecule has 2 rings (SSSR count). The lowest BCUT2D eigenvalue weighted by Gasteiger charge is -2.33. The molecule has 1 saturated heterocycles. The van der Waals surface area contributed by atoms with Crippen LogP contribution in [-0.4, -0.2) is 49.5 Å². The summed E-state index contributed by atoms with van der Waals surface area (Å²) < 4.78 is 5.06. The van der Waals surface area contributed by atoms with Crippen LogP contribution < -0.4 is 10.6 Å². The number of carbonyl (C=O) groups is 2. The van der Waals surface area contributed by atoms with Gasteiger partial charge in [0.25, 0.3) is 0 Å². The predicted molar refractivity (Wildman–Crippen MR) is 93.7 cm³/mol. The number of hydrogen-bond acceptors (Lipinski definition) is 4. The smallest absolute Gasteiger partial charge is 0.313 e. The van der Waals surface area contributed by atoms with E-state index >= 15 is 0 Å². The Kier molecular flexibility index (Phi) is 7.21. The maximum Gasteiger partial charge on any atom is 0.313 e. The molecule has 6 heteroatoms.